The number of H-pyrrole nitrogens is 1. The van der Waals surface area contributed by atoms with E-state index in [2.05, 4.69) is 23.4 Å². The van der Waals surface area contributed by atoms with E-state index in [1.165, 1.54) is 24.2 Å². The van der Waals surface area contributed by atoms with Crippen molar-refractivity contribution in [3.05, 3.63) is 35.5 Å². The highest BCUT2D eigenvalue weighted by Crippen LogP contribution is 2.27. The number of nitrogens with one attached hydrogen (secondary N) is 2. The first-order valence-corrected chi connectivity index (χ1v) is 11.5. The van der Waals surface area contributed by atoms with Crippen molar-refractivity contribution in [1.82, 2.24) is 10.3 Å². The van der Waals surface area contributed by atoms with E-state index in [1.807, 2.05) is 0 Å². The van der Waals surface area contributed by atoms with Crippen LogP contribution in [-0.2, 0) is 0 Å². The van der Waals surface area contributed by atoms with Crippen LogP contribution in [0.4, 0.5) is 8.78 Å². The molecule has 23 heavy (non-hydrogen) atoms. The second-order valence-electron chi connectivity index (χ2n) is 7.30. The van der Waals surface area contributed by atoms with Crippen molar-refractivity contribution >= 4 is 24.9 Å². The van der Waals surface area contributed by atoms with E-state index in [0.29, 0.717) is 5.52 Å². The second kappa shape index (κ2) is 6.07. The van der Waals surface area contributed by atoms with Crippen LogP contribution < -0.4 is 5.32 Å². The topological polar surface area (TPSA) is 44.9 Å². The predicted molar refractivity (Wildman–Crippen MR) is 90.4 cm³/mol. The van der Waals surface area contributed by atoms with Gasteiger partial charge in [-0.3, -0.25) is 4.79 Å². The molecule has 3 rings (SSSR count). The van der Waals surface area contributed by atoms with E-state index < -0.39 is 19.7 Å². The van der Waals surface area contributed by atoms with E-state index in [-0.39, 0.29) is 23.0 Å². The third-order valence-electron chi connectivity index (χ3n) is 4.81. The van der Waals surface area contributed by atoms with Crippen molar-refractivity contribution in [3.63, 3.8) is 0 Å². The number of halogens is 2. The number of hydrogen-bond donors (Lipinski definition) is 2. The molecule has 6 heteroatoms. The van der Waals surface area contributed by atoms with Crippen molar-refractivity contribution in [2.45, 2.75) is 50.5 Å². The highest BCUT2D eigenvalue weighted by Gasteiger charge is 2.27. The fourth-order valence-corrected chi connectivity index (χ4v) is 5.89. The number of aromatic nitrogens is 1. The van der Waals surface area contributed by atoms with E-state index in [1.54, 1.807) is 0 Å². The first-order valence-electron chi connectivity index (χ1n) is 8.13. The van der Waals surface area contributed by atoms with Crippen LogP contribution in [0.1, 0.15) is 29.8 Å². The van der Waals surface area contributed by atoms with Crippen LogP contribution in [0.5, 0.6) is 0 Å². The average molecular weight is 336 g/mol. The Labute approximate surface area is 135 Å². The summed E-state index contributed by atoms with van der Waals surface area (Å²) in [5, 5.41) is 3.29. The van der Waals surface area contributed by atoms with Gasteiger partial charge in [-0.05, 0) is 25.0 Å². The third-order valence-corrected chi connectivity index (χ3v) is 8.16. The maximum absolute atomic E-state index is 13.7. The van der Waals surface area contributed by atoms with Gasteiger partial charge in [-0.25, -0.2) is 8.78 Å². The lowest BCUT2D eigenvalue weighted by Crippen LogP contribution is -2.35. The molecule has 1 atom stereocenters. The molecule has 2 aromatic rings. The molecule has 2 heterocycles. The lowest BCUT2D eigenvalue weighted by atomic mass is 10.1. The Balaban J connectivity index is 1.74. The van der Waals surface area contributed by atoms with Gasteiger partial charge in [0.15, 0.2) is 0 Å². The lowest BCUT2D eigenvalue weighted by molar-refractivity contribution is 0.0930. The zero-order valence-electron chi connectivity index (χ0n) is 13.5. The van der Waals surface area contributed by atoms with Crippen LogP contribution in [0.25, 0.3) is 10.9 Å². The van der Waals surface area contributed by atoms with Gasteiger partial charge in [-0.1, -0.05) is 31.6 Å². The van der Waals surface area contributed by atoms with E-state index in [9.17, 15) is 13.6 Å². The van der Waals surface area contributed by atoms with Gasteiger partial charge in [0, 0.05) is 25.6 Å². The van der Waals surface area contributed by atoms with Crippen LogP contribution in [0.3, 0.4) is 0 Å². The summed E-state index contributed by atoms with van der Waals surface area (Å²) in [6.07, 6.45) is 3.15. The fourth-order valence-electron chi connectivity index (χ4n) is 3.35. The van der Waals surface area contributed by atoms with Gasteiger partial charge in [0.2, 0.25) is 0 Å². The Morgan fingerprint density at radius 1 is 1.22 bits per heavy atom. The number of benzene rings is 1. The smallest absolute Gasteiger partial charge is 0.267 e. The molecule has 1 saturated heterocycles. The molecule has 3 nitrogen and oxygen atoms in total. The largest absolute Gasteiger partial charge is 0.350 e. The highest BCUT2D eigenvalue weighted by atomic mass is 28.3. The summed E-state index contributed by atoms with van der Waals surface area (Å²) in [6.45, 7) is 4.79. The molecule has 0 bridgehead atoms. The van der Waals surface area contributed by atoms with Crippen molar-refractivity contribution in [1.29, 1.82) is 0 Å². The van der Waals surface area contributed by atoms with Gasteiger partial charge in [0.25, 0.3) is 5.91 Å². The molecule has 1 aromatic carbocycles. The number of amides is 1. The minimum Gasteiger partial charge on any atom is -0.350 e. The average Bonchev–Trinajstić information content (AvgIpc) is 2.81. The SMILES string of the molecule is C[Si]1(C)CCCC(NC(=O)c2cc3c(F)cc(F)cc3[nH]2)CC1. The summed E-state index contributed by atoms with van der Waals surface area (Å²) < 4.78 is 27.0. The number of rotatable bonds is 2. The van der Waals surface area contributed by atoms with E-state index in [0.717, 1.165) is 25.3 Å². The van der Waals surface area contributed by atoms with Crippen LogP contribution in [0.2, 0.25) is 25.2 Å². The van der Waals surface area contributed by atoms with Crippen LogP contribution in [-0.4, -0.2) is 25.0 Å². The Hall–Kier alpha value is -1.69. The summed E-state index contributed by atoms with van der Waals surface area (Å²) >= 11 is 0. The Morgan fingerprint density at radius 3 is 2.78 bits per heavy atom. The lowest BCUT2D eigenvalue weighted by Gasteiger charge is -2.19. The highest BCUT2D eigenvalue weighted by molar-refractivity contribution is 6.77. The monoisotopic (exact) mass is 336 g/mol. The van der Waals surface area contributed by atoms with Crippen molar-refractivity contribution in [2.75, 3.05) is 0 Å². The number of carbonyl (C=O) groups is 1. The molecular weight excluding hydrogens is 314 g/mol. The summed E-state index contributed by atoms with van der Waals surface area (Å²) in [5.41, 5.74) is 0.590. The first-order chi connectivity index (χ1) is 10.8. The number of hydrogen-bond acceptors (Lipinski definition) is 1. The van der Waals surface area contributed by atoms with Crippen LogP contribution in [0, 0.1) is 11.6 Å². The molecule has 1 aliphatic rings. The van der Waals surface area contributed by atoms with Gasteiger partial charge in [0.05, 0.1) is 5.52 Å². The molecule has 1 fully saturated rings. The first kappa shape index (κ1) is 16.2. The van der Waals surface area contributed by atoms with E-state index >= 15 is 0 Å². The molecule has 0 radical (unpaired) electrons. The molecular formula is C17H22F2N2OSi. The molecule has 1 aromatic heterocycles. The number of carbonyl (C=O) groups excluding carboxylic acids is 1. The molecule has 1 amide bonds. The summed E-state index contributed by atoms with van der Waals surface area (Å²) in [7, 11) is -1.10. The van der Waals surface area contributed by atoms with Crippen LogP contribution >= 0.6 is 0 Å². The quantitative estimate of drug-likeness (QED) is 0.783. The predicted octanol–water partition coefficient (Wildman–Crippen LogP) is 4.44. The fraction of sp³-hybridized carbons (Fsp3) is 0.471. The molecule has 1 aliphatic heterocycles. The molecule has 124 valence electrons. The number of aromatic amines is 1. The van der Waals surface area contributed by atoms with Gasteiger partial charge in [-0.15, -0.1) is 0 Å². The Bertz CT molecular complexity index is 742. The van der Waals surface area contributed by atoms with Gasteiger partial charge < -0.3 is 10.3 Å². The molecule has 0 saturated carbocycles. The van der Waals surface area contributed by atoms with Gasteiger partial charge >= 0.3 is 0 Å². The summed E-state index contributed by atoms with van der Waals surface area (Å²) in [4.78, 5) is 15.2. The second-order valence-corrected chi connectivity index (χ2v) is 12.6. The number of fused-ring (bicyclic) bond motifs is 1. The van der Waals surface area contributed by atoms with Crippen molar-refractivity contribution in [2.24, 2.45) is 0 Å². The Kier molecular flexibility index (Phi) is 4.27. The van der Waals surface area contributed by atoms with Gasteiger partial charge in [0.1, 0.15) is 17.3 Å². The summed E-state index contributed by atoms with van der Waals surface area (Å²) in [6, 6.07) is 6.17. The molecule has 2 N–H and O–H groups in total. The molecule has 0 aliphatic carbocycles. The van der Waals surface area contributed by atoms with Crippen molar-refractivity contribution in [3.8, 4) is 0 Å². The minimum atomic E-state index is -1.10. The normalized spacial score (nSPS) is 21.1. The van der Waals surface area contributed by atoms with E-state index in [4.69, 9.17) is 0 Å². The van der Waals surface area contributed by atoms with Crippen molar-refractivity contribution < 1.29 is 13.6 Å². The standard InChI is InChI=1S/C17H22F2N2OSi/c1-23(2)6-3-4-12(5-7-23)20-17(22)16-10-13-14(19)8-11(18)9-15(13)21-16/h8-10,12,21H,3-7H2,1-2H3,(H,20,22). The maximum atomic E-state index is 13.7. The summed E-state index contributed by atoms with van der Waals surface area (Å²) in [5.74, 6) is -1.55. The molecule has 0 spiro atoms. The van der Waals surface area contributed by atoms with Crippen LogP contribution in [0.15, 0.2) is 18.2 Å². The maximum Gasteiger partial charge on any atom is 0.267 e. The zero-order chi connectivity index (χ0) is 16.6. The van der Waals surface area contributed by atoms with Gasteiger partial charge in [-0.2, -0.15) is 0 Å². The molecule has 1 unspecified atom stereocenters. The minimum absolute atomic E-state index is 0.171. The zero-order valence-corrected chi connectivity index (χ0v) is 14.5. The third kappa shape index (κ3) is 3.63. The Morgan fingerprint density at radius 2 is 2.00 bits per heavy atom.